The summed E-state index contributed by atoms with van der Waals surface area (Å²) in [6.07, 6.45) is 8.53. The second-order valence-corrected chi connectivity index (χ2v) is 10.7. The molecular weight excluding hydrogens is 489 g/mol. The third-order valence-electron chi connectivity index (χ3n) is 7.34. The molecule has 6 rings (SSSR count). The molecule has 10 heteroatoms. The van der Waals surface area contributed by atoms with E-state index in [9.17, 15) is 9.18 Å². The van der Waals surface area contributed by atoms with Gasteiger partial charge in [0, 0.05) is 17.8 Å². The van der Waals surface area contributed by atoms with Crippen LogP contribution < -0.4 is 10.1 Å². The first-order valence-electron chi connectivity index (χ1n) is 13.4. The maximum atomic E-state index is 13.7. The summed E-state index contributed by atoms with van der Waals surface area (Å²) < 4.78 is 31.7. The molecule has 1 saturated heterocycles. The molecule has 2 aliphatic carbocycles. The number of halogens is 1. The minimum absolute atomic E-state index is 0.0583. The van der Waals surface area contributed by atoms with Gasteiger partial charge in [0.15, 0.2) is 5.82 Å². The number of benzene rings is 1. The normalized spacial score (nSPS) is 24.2. The van der Waals surface area contributed by atoms with Crippen molar-refractivity contribution in [1.29, 1.82) is 0 Å². The molecule has 3 aromatic rings. The molecule has 2 aromatic heterocycles. The second kappa shape index (κ2) is 10.4. The molecular formula is C28H32FN5O4. The molecule has 9 nitrogen and oxygen atoms in total. The molecule has 1 amide bonds. The number of hydrogen-bond donors (Lipinski definition) is 2. The zero-order chi connectivity index (χ0) is 26.1. The van der Waals surface area contributed by atoms with Gasteiger partial charge in [-0.15, -0.1) is 0 Å². The van der Waals surface area contributed by atoms with Crippen LogP contribution in [0, 0.1) is 11.2 Å². The van der Waals surface area contributed by atoms with Crippen molar-refractivity contribution < 1.29 is 23.4 Å². The Bertz CT molecular complexity index is 1280. The average Bonchev–Trinajstić information content (AvgIpc) is 3.64. The second-order valence-electron chi connectivity index (χ2n) is 10.7. The Hall–Kier alpha value is -3.37. The molecule has 3 heterocycles. The number of carbonyl (C=O) groups excluding carboxylic acids is 1. The molecule has 38 heavy (non-hydrogen) atoms. The highest BCUT2D eigenvalue weighted by molar-refractivity contribution is 5.83. The number of rotatable bonds is 7. The fourth-order valence-electron chi connectivity index (χ4n) is 4.86. The van der Waals surface area contributed by atoms with Crippen molar-refractivity contribution in [1.82, 2.24) is 25.3 Å². The quantitative estimate of drug-likeness (QED) is 0.463. The summed E-state index contributed by atoms with van der Waals surface area (Å²) in [6.45, 7) is 2.24. The molecule has 2 N–H and O–H groups in total. The zero-order valence-electron chi connectivity index (χ0n) is 21.4. The van der Waals surface area contributed by atoms with Crippen LogP contribution in [0.1, 0.15) is 64.0 Å². The lowest BCUT2D eigenvalue weighted by Crippen LogP contribution is -2.49. The van der Waals surface area contributed by atoms with Crippen LogP contribution in [0.2, 0.25) is 0 Å². The molecule has 3 aliphatic rings. The molecule has 0 radical (unpaired) electrons. The molecule has 1 aromatic carbocycles. The summed E-state index contributed by atoms with van der Waals surface area (Å²) in [5.41, 5.74) is 1.73. The van der Waals surface area contributed by atoms with Crippen molar-refractivity contribution in [2.45, 2.75) is 70.3 Å². The fourth-order valence-corrected chi connectivity index (χ4v) is 4.86. The van der Waals surface area contributed by atoms with Gasteiger partial charge in [0.25, 0.3) is 0 Å². The highest BCUT2D eigenvalue weighted by Crippen LogP contribution is 2.36. The summed E-state index contributed by atoms with van der Waals surface area (Å²) in [6, 6.07) is 8.48. The Morgan fingerprint density at radius 2 is 1.79 bits per heavy atom. The van der Waals surface area contributed by atoms with Crippen molar-refractivity contribution in [3.63, 3.8) is 0 Å². The van der Waals surface area contributed by atoms with Crippen LogP contribution in [-0.2, 0) is 14.3 Å². The molecule has 0 unspecified atom stereocenters. The van der Waals surface area contributed by atoms with E-state index in [2.05, 4.69) is 20.3 Å². The maximum absolute atomic E-state index is 13.7. The smallest absolute Gasteiger partial charge is 0.317 e. The van der Waals surface area contributed by atoms with Gasteiger partial charge in [-0.1, -0.05) is 6.42 Å². The van der Waals surface area contributed by atoms with Gasteiger partial charge in [-0.25, -0.2) is 14.4 Å². The van der Waals surface area contributed by atoms with E-state index >= 15 is 0 Å². The number of hydrogen-bond acceptors (Lipinski definition) is 7. The van der Waals surface area contributed by atoms with Crippen LogP contribution in [0.15, 0.2) is 36.5 Å². The summed E-state index contributed by atoms with van der Waals surface area (Å²) in [5.74, 6) is 0.0494. The van der Waals surface area contributed by atoms with Crippen LogP contribution in [-0.4, -0.2) is 51.2 Å². The van der Waals surface area contributed by atoms with Crippen molar-refractivity contribution >= 4 is 5.91 Å². The number of aromatic amines is 1. The average molecular weight is 522 g/mol. The van der Waals surface area contributed by atoms with Gasteiger partial charge in [0.1, 0.15) is 11.9 Å². The molecule has 2 saturated carbocycles. The Balaban J connectivity index is 1.26. The van der Waals surface area contributed by atoms with Crippen LogP contribution >= 0.6 is 0 Å². The lowest BCUT2D eigenvalue weighted by atomic mass is 9.91. The van der Waals surface area contributed by atoms with Crippen LogP contribution in [0.5, 0.6) is 6.01 Å². The summed E-state index contributed by atoms with van der Waals surface area (Å²) >= 11 is 0. The first-order valence-corrected chi connectivity index (χ1v) is 13.4. The standard InChI is InChI=1S/C28H32FN5O4/c1-28(26(35)31-19-11-12-19)15-36-25(37-16-28)24-33-22(17-7-9-18(29)10-8-17)23(34-24)21-13-14-30-27(32-21)38-20-5-3-2-4-6-20/h7-10,13-14,19-20,25H,2-6,11-12,15-16H2,1H3,(H,31,35)(H,33,34). The summed E-state index contributed by atoms with van der Waals surface area (Å²) in [7, 11) is 0. The first kappa shape index (κ1) is 24.9. The monoisotopic (exact) mass is 521 g/mol. The van der Waals surface area contributed by atoms with Gasteiger partial charge in [0.05, 0.1) is 35.7 Å². The summed E-state index contributed by atoms with van der Waals surface area (Å²) in [4.78, 5) is 29.8. The predicted octanol–water partition coefficient (Wildman–Crippen LogP) is 4.71. The van der Waals surface area contributed by atoms with Crippen molar-refractivity contribution in [2.75, 3.05) is 13.2 Å². The largest absolute Gasteiger partial charge is 0.460 e. The lowest BCUT2D eigenvalue weighted by Gasteiger charge is -2.35. The lowest BCUT2D eigenvalue weighted by molar-refractivity contribution is -0.231. The van der Waals surface area contributed by atoms with E-state index in [4.69, 9.17) is 19.2 Å². The van der Waals surface area contributed by atoms with Gasteiger partial charge in [-0.05, 0) is 75.8 Å². The highest BCUT2D eigenvalue weighted by Gasteiger charge is 2.42. The number of carbonyl (C=O) groups is 1. The minimum atomic E-state index is -0.787. The van der Waals surface area contributed by atoms with Crippen molar-refractivity contribution in [3.05, 3.63) is 48.2 Å². The number of aromatic nitrogens is 4. The van der Waals surface area contributed by atoms with Crippen LogP contribution in [0.3, 0.4) is 0 Å². The molecule has 0 atom stereocenters. The Morgan fingerprint density at radius 3 is 2.50 bits per heavy atom. The molecule has 200 valence electrons. The third kappa shape index (κ3) is 5.42. The SMILES string of the molecule is CC1(C(=O)NC2CC2)COC(c2nc(-c3ccc(F)cc3)c(-c3ccnc(OC4CCCCC4)n3)[nH]2)OC1. The topological polar surface area (TPSA) is 111 Å². The molecule has 0 bridgehead atoms. The van der Waals surface area contributed by atoms with Gasteiger partial charge >= 0.3 is 6.01 Å². The van der Waals surface area contributed by atoms with E-state index in [1.807, 2.05) is 6.92 Å². The van der Waals surface area contributed by atoms with Gasteiger partial charge in [-0.3, -0.25) is 4.79 Å². The molecule has 3 fully saturated rings. The van der Waals surface area contributed by atoms with E-state index in [1.54, 1.807) is 24.4 Å². The number of imidazole rings is 1. The van der Waals surface area contributed by atoms with Crippen LogP contribution in [0.25, 0.3) is 22.6 Å². The van der Waals surface area contributed by atoms with E-state index in [-0.39, 0.29) is 37.1 Å². The summed E-state index contributed by atoms with van der Waals surface area (Å²) in [5, 5.41) is 3.03. The number of ether oxygens (including phenoxy) is 3. The van der Waals surface area contributed by atoms with Crippen LogP contribution in [0.4, 0.5) is 4.39 Å². The first-order chi connectivity index (χ1) is 18.5. The Morgan fingerprint density at radius 1 is 1.05 bits per heavy atom. The van der Waals surface area contributed by atoms with E-state index in [1.165, 1.54) is 18.6 Å². The van der Waals surface area contributed by atoms with Gasteiger partial charge in [0.2, 0.25) is 12.2 Å². The van der Waals surface area contributed by atoms with Gasteiger partial charge < -0.3 is 24.5 Å². The number of H-pyrrole nitrogens is 1. The Kier molecular flexibility index (Phi) is 6.84. The van der Waals surface area contributed by atoms with Crippen molar-refractivity contribution in [3.8, 4) is 28.7 Å². The minimum Gasteiger partial charge on any atom is -0.460 e. The predicted molar refractivity (Wildman–Crippen MR) is 136 cm³/mol. The van der Waals surface area contributed by atoms with E-state index in [0.29, 0.717) is 34.5 Å². The van der Waals surface area contributed by atoms with Crippen molar-refractivity contribution in [2.24, 2.45) is 5.41 Å². The number of nitrogens with zero attached hydrogens (tertiary/aromatic N) is 3. The number of nitrogens with one attached hydrogen (secondary N) is 2. The fraction of sp³-hybridized carbons (Fsp3) is 0.500. The zero-order valence-corrected chi connectivity index (χ0v) is 21.4. The molecule has 0 spiro atoms. The van der Waals surface area contributed by atoms with E-state index in [0.717, 1.165) is 38.5 Å². The maximum Gasteiger partial charge on any atom is 0.317 e. The molecule has 1 aliphatic heterocycles. The highest BCUT2D eigenvalue weighted by atomic mass is 19.1. The van der Waals surface area contributed by atoms with E-state index < -0.39 is 11.7 Å². The Labute approximate surface area is 220 Å². The third-order valence-corrected chi connectivity index (χ3v) is 7.34. The van der Waals surface area contributed by atoms with Gasteiger partial charge in [-0.2, -0.15) is 4.98 Å². The number of amides is 1.